The minimum atomic E-state index is -4.40. The van der Waals surface area contributed by atoms with E-state index in [4.69, 9.17) is 4.74 Å². The Morgan fingerprint density at radius 2 is 1.85 bits per heavy atom. The van der Waals surface area contributed by atoms with Gasteiger partial charge in [-0.3, -0.25) is 4.79 Å². The number of pyridine rings is 1. The predicted octanol–water partition coefficient (Wildman–Crippen LogP) is 3.95. The molecule has 2 aromatic carbocycles. The fourth-order valence-electron chi connectivity index (χ4n) is 2.70. The van der Waals surface area contributed by atoms with Crippen LogP contribution in [0.5, 0.6) is 5.75 Å². The molecule has 7 heteroatoms. The molecule has 4 nitrogen and oxygen atoms in total. The number of aromatic nitrogens is 1. The fourth-order valence-corrected chi connectivity index (χ4v) is 2.70. The molecule has 3 rings (SSSR count). The lowest BCUT2D eigenvalue weighted by Crippen LogP contribution is -2.14. The molecule has 0 aliphatic rings. The SMILES string of the molecule is COc1ccc2c(=O)c(C#N)cn(Cc3ccc(C(F)(F)F)cc3)c2c1. The summed E-state index contributed by atoms with van der Waals surface area (Å²) in [4.78, 5) is 12.3. The molecular formula is C19H13F3N2O2. The van der Waals surface area contributed by atoms with Gasteiger partial charge in [0.15, 0.2) is 0 Å². The second-order valence-electron chi connectivity index (χ2n) is 5.69. The zero-order valence-electron chi connectivity index (χ0n) is 13.7. The second kappa shape index (κ2) is 6.56. The number of nitriles is 1. The van der Waals surface area contributed by atoms with Crippen molar-refractivity contribution in [1.82, 2.24) is 4.57 Å². The van der Waals surface area contributed by atoms with E-state index in [2.05, 4.69) is 0 Å². The molecule has 0 bridgehead atoms. The molecule has 0 spiro atoms. The van der Waals surface area contributed by atoms with Crippen LogP contribution in [0.2, 0.25) is 0 Å². The van der Waals surface area contributed by atoms with E-state index < -0.39 is 17.2 Å². The Balaban J connectivity index is 2.10. The zero-order valence-corrected chi connectivity index (χ0v) is 13.7. The molecule has 26 heavy (non-hydrogen) atoms. The molecule has 0 fully saturated rings. The molecule has 1 aromatic heterocycles. The molecule has 0 aliphatic heterocycles. The van der Waals surface area contributed by atoms with Crippen LogP contribution in [0.3, 0.4) is 0 Å². The highest BCUT2D eigenvalue weighted by Gasteiger charge is 2.29. The van der Waals surface area contributed by atoms with Crippen molar-refractivity contribution in [3.8, 4) is 11.8 Å². The van der Waals surface area contributed by atoms with Gasteiger partial charge in [0, 0.05) is 24.2 Å². The lowest BCUT2D eigenvalue weighted by molar-refractivity contribution is -0.137. The topological polar surface area (TPSA) is 55.0 Å². The number of halogens is 3. The van der Waals surface area contributed by atoms with E-state index in [1.807, 2.05) is 6.07 Å². The standard InChI is InChI=1S/C19H13F3N2O2/c1-26-15-6-7-16-17(8-15)24(11-13(9-23)18(16)25)10-12-2-4-14(5-3-12)19(20,21)22/h2-8,11H,10H2,1H3. The number of hydrogen-bond acceptors (Lipinski definition) is 3. The molecule has 0 aliphatic carbocycles. The number of alkyl halides is 3. The molecule has 132 valence electrons. The van der Waals surface area contributed by atoms with Gasteiger partial charge in [-0.15, -0.1) is 0 Å². The van der Waals surface area contributed by atoms with Crippen LogP contribution in [0, 0.1) is 11.3 Å². The molecule has 0 saturated carbocycles. The van der Waals surface area contributed by atoms with Crippen molar-refractivity contribution in [2.45, 2.75) is 12.7 Å². The third-order valence-corrected chi connectivity index (χ3v) is 4.04. The van der Waals surface area contributed by atoms with Crippen LogP contribution >= 0.6 is 0 Å². The highest BCUT2D eigenvalue weighted by molar-refractivity contribution is 5.81. The number of hydrogen-bond donors (Lipinski definition) is 0. The molecule has 3 aromatic rings. The number of ether oxygens (including phenoxy) is 1. The van der Waals surface area contributed by atoms with Crippen LogP contribution in [0.25, 0.3) is 10.9 Å². The van der Waals surface area contributed by atoms with Crippen molar-refractivity contribution in [3.63, 3.8) is 0 Å². The zero-order chi connectivity index (χ0) is 18.9. The molecule has 0 unspecified atom stereocenters. The first kappa shape index (κ1) is 17.5. The van der Waals surface area contributed by atoms with E-state index in [9.17, 15) is 23.2 Å². The Morgan fingerprint density at radius 3 is 2.42 bits per heavy atom. The lowest BCUT2D eigenvalue weighted by Gasteiger charge is -2.13. The number of rotatable bonds is 3. The molecule has 0 atom stereocenters. The van der Waals surface area contributed by atoms with Gasteiger partial charge >= 0.3 is 6.18 Å². The molecule has 0 amide bonds. The van der Waals surface area contributed by atoms with Crippen LogP contribution in [-0.2, 0) is 12.7 Å². The third kappa shape index (κ3) is 3.26. The predicted molar refractivity (Wildman–Crippen MR) is 90.0 cm³/mol. The van der Waals surface area contributed by atoms with Crippen LogP contribution in [-0.4, -0.2) is 11.7 Å². The van der Waals surface area contributed by atoms with Crippen molar-refractivity contribution in [2.24, 2.45) is 0 Å². The Kier molecular flexibility index (Phi) is 4.43. The van der Waals surface area contributed by atoms with Crippen LogP contribution in [0.1, 0.15) is 16.7 Å². The summed E-state index contributed by atoms with van der Waals surface area (Å²) in [6.07, 6.45) is -2.99. The number of methoxy groups -OCH3 is 1. The maximum Gasteiger partial charge on any atom is 0.416 e. The monoisotopic (exact) mass is 358 g/mol. The first-order valence-electron chi connectivity index (χ1n) is 7.61. The first-order valence-corrected chi connectivity index (χ1v) is 7.61. The Labute approximate surface area is 146 Å². The summed E-state index contributed by atoms with van der Waals surface area (Å²) in [5.41, 5.74) is -0.0169. The minimum absolute atomic E-state index is 0.0328. The van der Waals surface area contributed by atoms with E-state index in [1.165, 1.54) is 25.4 Å². The van der Waals surface area contributed by atoms with Gasteiger partial charge in [-0.05, 0) is 29.8 Å². The number of fused-ring (bicyclic) bond motifs is 1. The van der Waals surface area contributed by atoms with E-state index in [1.54, 1.807) is 22.8 Å². The van der Waals surface area contributed by atoms with E-state index in [0.29, 0.717) is 22.2 Å². The van der Waals surface area contributed by atoms with Crippen molar-refractivity contribution >= 4 is 10.9 Å². The highest BCUT2D eigenvalue weighted by Crippen LogP contribution is 2.29. The van der Waals surface area contributed by atoms with Crippen molar-refractivity contribution in [2.75, 3.05) is 7.11 Å². The molecule has 0 saturated heterocycles. The molecule has 0 N–H and O–H groups in total. The summed E-state index contributed by atoms with van der Waals surface area (Å²) in [5, 5.41) is 9.53. The summed E-state index contributed by atoms with van der Waals surface area (Å²) < 4.78 is 44.9. The van der Waals surface area contributed by atoms with Crippen LogP contribution < -0.4 is 10.2 Å². The van der Waals surface area contributed by atoms with Crippen LogP contribution in [0.15, 0.2) is 53.5 Å². The lowest BCUT2D eigenvalue weighted by atomic mass is 10.1. The molecular weight excluding hydrogens is 345 g/mol. The van der Waals surface area contributed by atoms with E-state index in [-0.39, 0.29) is 12.1 Å². The quantitative estimate of drug-likeness (QED) is 0.712. The Hall–Kier alpha value is -3.27. The number of benzene rings is 2. The van der Waals surface area contributed by atoms with Crippen molar-refractivity contribution < 1.29 is 17.9 Å². The fraction of sp³-hybridized carbons (Fsp3) is 0.158. The third-order valence-electron chi connectivity index (χ3n) is 4.04. The van der Waals surface area contributed by atoms with Gasteiger partial charge in [0.05, 0.1) is 18.2 Å². The summed E-state index contributed by atoms with van der Waals surface area (Å²) >= 11 is 0. The number of nitrogens with zero attached hydrogens (tertiary/aromatic N) is 2. The van der Waals surface area contributed by atoms with E-state index >= 15 is 0 Å². The average molecular weight is 358 g/mol. The molecule has 1 heterocycles. The Bertz CT molecular complexity index is 1060. The van der Waals surface area contributed by atoms with Crippen molar-refractivity contribution in [3.05, 3.63) is 75.6 Å². The minimum Gasteiger partial charge on any atom is -0.497 e. The average Bonchev–Trinajstić information content (AvgIpc) is 2.63. The van der Waals surface area contributed by atoms with Gasteiger partial charge < -0.3 is 9.30 Å². The van der Waals surface area contributed by atoms with E-state index in [0.717, 1.165) is 12.1 Å². The van der Waals surface area contributed by atoms with Gasteiger partial charge in [0.1, 0.15) is 17.4 Å². The molecule has 0 radical (unpaired) electrons. The smallest absolute Gasteiger partial charge is 0.416 e. The van der Waals surface area contributed by atoms with Crippen molar-refractivity contribution in [1.29, 1.82) is 5.26 Å². The second-order valence-corrected chi connectivity index (χ2v) is 5.69. The normalized spacial score (nSPS) is 11.3. The van der Waals surface area contributed by atoms with Gasteiger partial charge in [0.2, 0.25) is 5.43 Å². The summed E-state index contributed by atoms with van der Waals surface area (Å²) in [6, 6.07) is 11.5. The van der Waals surface area contributed by atoms with Gasteiger partial charge in [-0.1, -0.05) is 12.1 Å². The maximum atomic E-state index is 12.7. The summed E-state index contributed by atoms with van der Waals surface area (Å²) in [5.74, 6) is 0.530. The Morgan fingerprint density at radius 1 is 1.15 bits per heavy atom. The highest BCUT2D eigenvalue weighted by atomic mass is 19.4. The first-order chi connectivity index (χ1) is 12.3. The largest absolute Gasteiger partial charge is 0.497 e. The maximum absolute atomic E-state index is 12.7. The van der Waals surface area contributed by atoms with Crippen LogP contribution in [0.4, 0.5) is 13.2 Å². The van der Waals surface area contributed by atoms with Gasteiger partial charge in [0.25, 0.3) is 0 Å². The summed E-state index contributed by atoms with van der Waals surface area (Å²) in [6.45, 7) is 0.205. The summed E-state index contributed by atoms with van der Waals surface area (Å²) in [7, 11) is 1.49. The van der Waals surface area contributed by atoms with Gasteiger partial charge in [-0.2, -0.15) is 18.4 Å². The van der Waals surface area contributed by atoms with Gasteiger partial charge in [-0.25, -0.2) is 0 Å².